The molecule has 0 rings (SSSR count). The molecule has 0 saturated carbocycles. The number of hydrogen-bond acceptors (Lipinski definition) is 1. The molecule has 0 aromatic carbocycles. The Morgan fingerprint density at radius 3 is 2.18 bits per heavy atom. The van der Waals surface area contributed by atoms with Gasteiger partial charge < -0.3 is 0 Å². The summed E-state index contributed by atoms with van der Waals surface area (Å²) in [5.41, 5.74) is -0.180. The molecule has 0 radical (unpaired) electrons. The fraction of sp³-hybridized carbons (Fsp3) is 0.700. The van der Waals surface area contributed by atoms with Crippen LogP contribution in [0.25, 0.3) is 0 Å². The number of Topliss-reactive ketones (excluding diaryl/α,β-unsaturated/α-hetero) is 1. The molecular formula is C10H16O. The number of hydrogen-bond donors (Lipinski definition) is 0. The molecule has 0 aliphatic carbocycles. The zero-order valence-corrected chi connectivity index (χ0v) is 7.99. The Bertz CT molecular complexity index is 203. The Kier molecular flexibility index (Phi) is 3.32. The van der Waals surface area contributed by atoms with Crippen LogP contribution in [0.15, 0.2) is 0 Å². The maximum atomic E-state index is 11.0. The Balaban J connectivity index is 4.50. The maximum absolute atomic E-state index is 11.0. The lowest BCUT2D eigenvalue weighted by atomic mass is 9.78. The van der Waals surface area contributed by atoms with Crippen molar-refractivity contribution in [2.24, 2.45) is 11.3 Å². The zero-order chi connectivity index (χ0) is 9.07. The van der Waals surface area contributed by atoms with Gasteiger partial charge >= 0.3 is 0 Å². The summed E-state index contributed by atoms with van der Waals surface area (Å²) in [6.07, 6.45) is 0. The van der Waals surface area contributed by atoms with Gasteiger partial charge in [0.05, 0.1) is 0 Å². The van der Waals surface area contributed by atoms with Crippen molar-refractivity contribution in [2.75, 3.05) is 0 Å². The third-order valence-corrected chi connectivity index (χ3v) is 2.14. The molecule has 0 aromatic heterocycles. The zero-order valence-electron chi connectivity index (χ0n) is 7.99. The summed E-state index contributed by atoms with van der Waals surface area (Å²) < 4.78 is 0. The topological polar surface area (TPSA) is 17.1 Å². The van der Waals surface area contributed by atoms with Gasteiger partial charge in [0.2, 0.25) is 0 Å². The third-order valence-electron chi connectivity index (χ3n) is 2.14. The lowest BCUT2D eigenvalue weighted by molar-refractivity contribution is -0.122. The van der Waals surface area contributed by atoms with Crippen LogP contribution in [0.4, 0.5) is 0 Å². The van der Waals surface area contributed by atoms with Crippen molar-refractivity contribution in [2.45, 2.75) is 34.6 Å². The molecule has 62 valence electrons. The number of carbonyl (C=O) groups is 1. The second kappa shape index (κ2) is 3.57. The van der Waals surface area contributed by atoms with Crippen LogP contribution < -0.4 is 0 Å². The molecule has 0 bridgehead atoms. The number of ketones is 1. The van der Waals surface area contributed by atoms with Crippen LogP contribution in [0.3, 0.4) is 0 Å². The minimum Gasteiger partial charge on any atom is -0.300 e. The summed E-state index contributed by atoms with van der Waals surface area (Å²) in [6, 6.07) is 0. The van der Waals surface area contributed by atoms with Crippen molar-refractivity contribution in [3.8, 4) is 11.8 Å². The van der Waals surface area contributed by atoms with E-state index in [0.717, 1.165) is 0 Å². The highest BCUT2D eigenvalue weighted by Gasteiger charge is 2.26. The lowest BCUT2D eigenvalue weighted by Gasteiger charge is -2.23. The van der Waals surface area contributed by atoms with Gasteiger partial charge in [0.25, 0.3) is 0 Å². The molecule has 11 heavy (non-hydrogen) atoms. The molecule has 1 atom stereocenters. The molecule has 0 aliphatic rings. The highest BCUT2D eigenvalue weighted by Crippen LogP contribution is 2.25. The molecule has 0 saturated heterocycles. The highest BCUT2D eigenvalue weighted by atomic mass is 16.1. The molecule has 0 fully saturated rings. The van der Waals surface area contributed by atoms with Gasteiger partial charge in [-0.3, -0.25) is 4.79 Å². The Morgan fingerprint density at radius 1 is 1.45 bits per heavy atom. The minimum absolute atomic E-state index is 0.0231. The summed E-state index contributed by atoms with van der Waals surface area (Å²) in [6.45, 7) is 9.33. The van der Waals surface area contributed by atoms with E-state index in [4.69, 9.17) is 0 Å². The largest absolute Gasteiger partial charge is 0.300 e. The maximum Gasteiger partial charge on any atom is 0.134 e. The van der Waals surface area contributed by atoms with Crippen molar-refractivity contribution < 1.29 is 4.79 Å². The first-order chi connectivity index (χ1) is 4.91. The van der Waals surface area contributed by atoms with Gasteiger partial charge in [-0.15, -0.1) is 5.92 Å². The van der Waals surface area contributed by atoms with Crippen molar-refractivity contribution in [3.05, 3.63) is 0 Å². The quantitative estimate of drug-likeness (QED) is 0.555. The second-order valence-corrected chi connectivity index (χ2v) is 3.43. The fourth-order valence-corrected chi connectivity index (χ4v) is 0.939. The molecule has 0 amide bonds. The minimum atomic E-state index is -0.180. The number of rotatable bonds is 2. The van der Waals surface area contributed by atoms with Gasteiger partial charge in [-0.2, -0.15) is 0 Å². The fourth-order valence-electron chi connectivity index (χ4n) is 0.939. The summed E-state index contributed by atoms with van der Waals surface area (Å²) in [5.74, 6) is 6.10. The van der Waals surface area contributed by atoms with Crippen LogP contribution in [0.5, 0.6) is 0 Å². The molecular weight excluding hydrogens is 136 g/mol. The van der Waals surface area contributed by atoms with Gasteiger partial charge in [-0.1, -0.05) is 12.8 Å². The summed E-state index contributed by atoms with van der Waals surface area (Å²) in [5, 5.41) is 0. The van der Waals surface area contributed by atoms with Crippen molar-refractivity contribution >= 4 is 5.78 Å². The normalized spacial score (nSPS) is 13.2. The first-order valence-corrected chi connectivity index (χ1v) is 3.86. The summed E-state index contributed by atoms with van der Waals surface area (Å²) >= 11 is 0. The molecule has 0 aliphatic heterocycles. The molecule has 1 heteroatoms. The van der Waals surface area contributed by atoms with Crippen LogP contribution >= 0.6 is 0 Å². The highest BCUT2D eigenvalue weighted by molar-refractivity contribution is 5.79. The predicted octanol–water partition coefficient (Wildman–Crippen LogP) is 2.26. The molecule has 0 N–H and O–H groups in total. The standard InChI is InChI=1S/C10H16O/c1-6-7-10(4,5)8(2)9(3)11/h8H,1-5H3. The third kappa shape index (κ3) is 2.76. The molecule has 0 aromatic rings. The Labute approximate surface area is 69.2 Å². The smallest absolute Gasteiger partial charge is 0.134 e. The first-order valence-electron chi connectivity index (χ1n) is 3.86. The van der Waals surface area contributed by atoms with Crippen LogP contribution in [-0.2, 0) is 4.79 Å². The molecule has 1 nitrogen and oxygen atoms in total. The van der Waals surface area contributed by atoms with E-state index in [0.29, 0.717) is 0 Å². The lowest BCUT2D eigenvalue weighted by Crippen LogP contribution is -2.25. The van der Waals surface area contributed by atoms with Gasteiger partial charge in [-0.25, -0.2) is 0 Å². The Morgan fingerprint density at radius 2 is 1.91 bits per heavy atom. The van der Waals surface area contributed by atoms with Crippen molar-refractivity contribution in [1.82, 2.24) is 0 Å². The van der Waals surface area contributed by atoms with E-state index < -0.39 is 0 Å². The van der Waals surface area contributed by atoms with Crippen molar-refractivity contribution in [1.29, 1.82) is 0 Å². The van der Waals surface area contributed by atoms with E-state index >= 15 is 0 Å². The van der Waals surface area contributed by atoms with Gasteiger partial charge in [0, 0.05) is 11.3 Å². The van der Waals surface area contributed by atoms with Crippen LogP contribution in [0.1, 0.15) is 34.6 Å². The SMILES string of the molecule is CC#CC(C)(C)C(C)C(C)=O. The molecule has 1 unspecified atom stereocenters. The summed E-state index contributed by atoms with van der Waals surface area (Å²) in [7, 11) is 0. The number of carbonyl (C=O) groups excluding carboxylic acids is 1. The second-order valence-electron chi connectivity index (χ2n) is 3.43. The van der Waals surface area contributed by atoms with Gasteiger partial charge in [0.1, 0.15) is 5.78 Å². The van der Waals surface area contributed by atoms with E-state index in [2.05, 4.69) is 11.8 Å². The van der Waals surface area contributed by atoms with Crippen LogP contribution in [0, 0.1) is 23.2 Å². The van der Waals surface area contributed by atoms with Crippen LogP contribution in [-0.4, -0.2) is 5.78 Å². The van der Waals surface area contributed by atoms with E-state index in [-0.39, 0.29) is 17.1 Å². The van der Waals surface area contributed by atoms with Crippen LogP contribution in [0.2, 0.25) is 0 Å². The molecule has 0 heterocycles. The average Bonchev–Trinajstić information content (AvgIpc) is 1.86. The van der Waals surface area contributed by atoms with E-state index in [1.54, 1.807) is 13.8 Å². The van der Waals surface area contributed by atoms with Gasteiger partial charge in [-0.05, 0) is 27.7 Å². The van der Waals surface area contributed by atoms with E-state index in [9.17, 15) is 4.79 Å². The van der Waals surface area contributed by atoms with E-state index in [1.807, 2.05) is 20.8 Å². The van der Waals surface area contributed by atoms with Gasteiger partial charge in [0.15, 0.2) is 0 Å². The Hall–Kier alpha value is -0.770. The first kappa shape index (κ1) is 10.2. The average molecular weight is 152 g/mol. The predicted molar refractivity (Wildman–Crippen MR) is 47.1 cm³/mol. The monoisotopic (exact) mass is 152 g/mol. The van der Waals surface area contributed by atoms with E-state index in [1.165, 1.54) is 0 Å². The van der Waals surface area contributed by atoms with Crippen molar-refractivity contribution in [3.63, 3.8) is 0 Å². The molecule has 0 spiro atoms. The summed E-state index contributed by atoms with van der Waals surface area (Å²) in [4.78, 5) is 11.0.